The predicted molar refractivity (Wildman–Crippen MR) is 91.4 cm³/mol. The zero-order valence-electron chi connectivity index (χ0n) is 14.6. The molecule has 1 aliphatic heterocycles. The molecule has 0 radical (unpaired) electrons. The Bertz CT molecular complexity index is 844. The summed E-state index contributed by atoms with van der Waals surface area (Å²) in [7, 11) is 4.76. The van der Waals surface area contributed by atoms with Crippen molar-refractivity contribution in [1.29, 1.82) is 0 Å². The third-order valence-electron chi connectivity index (χ3n) is 4.91. The van der Waals surface area contributed by atoms with E-state index >= 15 is 0 Å². The lowest BCUT2D eigenvalue weighted by Gasteiger charge is -2.33. The van der Waals surface area contributed by atoms with Crippen LogP contribution < -0.4 is 10.1 Å². The number of carbonyl (C=O) groups is 1. The summed E-state index contributed by atoms with van der Waals surface area (Å²) in [5.41, 5.74) is 2.70. The van der Waals surface area contributed by atoms with Gasteiger partial charge in [-0.2, -0.15) is 0 Å². The van der Waals surface area contributed by atoms with E-state index in [9.17, 15) is 14.9 Å². The molecule has 25 heavy (non-hydrogen) atoms. The Morgan fingerprint density at radius 1 is 1.40 bits per heavy atom. The second kappa shape index (κ2) is 6.36. The SMILES string of the molecule is COC(=O)[C@H]1N[C@H](C)c2c(n(C)c3ccc(OC)cc23)[C@@H]1C[N+](=O)[O-]. The lowest BCUT2D eigenvalue weighted by molar-refractivity contribution is -0.484. The molecule has 2 heterocycles. The summed E-state index contributed by atoms with van der Waals surface area (Å²) in [6, 6.07) is 4.79. The number of hydrogen-bond donors (Lipinski definition) is 1. The second-order valence-corrected chi connectivity index (χ2v) is 6.25. The lowest BCUT2D eigenvalue weighted by Crippen LogP contribution is -2.49. The molecule has 8 nitrogen and oxygen atoms in total. The molecule has 1 aromatic heterocycles. The number of aryl methyl sites for hydroxylation is 1. The van der Waals surface area contributed by atoms with Gasteiger partial charge >= 0.3 is 5.97 Å². The standard InChI is InChI=1S/C17H21N3O5/c1-9-14-11-7-10(24-3)5-6-13(11)19(2)16(14)12(8-20(22)23)15(18-9)17(21)25-4/h5-7,9,12,15,18H,8H2,1-4H3/t9-,12-,15+/m1/s1. The molecule has 1 N–H and O–H groups in total. The van der Waals surface area contributed by atoms with E-state index in [0.29, 0.717) is 5.75 Å². The van der Waals surface area contributed by atoms with Crippen LogP contribution in [0.15, 0.2) is 18.2 Å². The molecule has 2 aromatic rings. The molecule has 0 aliphatic carbocycles. The van der Waals surface area contributed by atoms with Gasteiger partial charge in [0, 0.05) is 34.6 Å². The normalized spacial score (nSPS) is 22.5. The van der Waals surface area contributed by atoms with Gasteiger partial charge in [-0.05, 0) is 30.7 Å². The van der Waals surface area contributed by atoms with Crippen LogP contribution >= 0.6 is 0 Å². The molecule has 0 saturated heterocycles. The molecule has 8 heteroatoms. The van der Waals surface area contributed by atoms with Gasteiger partial charge in [-0.15, -0.1) is 0 Å². The van der Waals surface area contributed by atoms with Crippen molar-refractivity contribution in [2.45, 2.75) is 24.9 Å². The molecule has 3 rings (SSSR count). The van der Waals surface area contributed by atoms with E-state index in [1.165, 1.54) is 7.11 Å². The Kier molecular flexibility index (Phi) is 4.38. The van der Waals surface area contributed by atoms with Crippen molar-refractivity contribution in [3.63, 3.8) is 0 Å². The van der Waals surface area contributed by atoms with Crippen LogP contribution in [-0.4, -0.2) is 42.3 Å². The fraction of sp³-hybridized carbons (Fsp3) is 0.471. The average Bonchev–Trinajstić information content (AvgIpc) is 2.89. The van der Waals surface area contributed by atoms with Crippen LogP contribution in [-0.2, 0) is 16.6 Å². The predicted octanol–water partition coefficient (Wildman–Crippen LogP) is 1.75. The molecule has 3 atom stereocenters. The molecule has 0 fully saturated rings. The van der Waals surface area contributed by atoms with Crippen molar-refractivity contribution in [3.05, 3.63) is 39.6 Å². The zero-order chi connectivity index (χ0) is 18.3. The van der Waals surface area contributed by atoms with E-state index in [0.717, 1.165) is 22.2 Å². The number of fused-ring (bicyclic) bond motifs is 3. The Balaban J connectivity index is 2.25. The largest absolute Gasteiger partial charge is 0.497 e. The molecule has 0 spiro atoms. The number of aromatic nitrogens is 1. The Morgan fingerprint density at radius 2 is 2.12 bits per heavy atom. The molecular weight excluding hydrogens is 326 g/mol. The third kappa shape index (κ3) is 2.72. The summed E-state index contributed by atoms with van der Waals surface area (Å²) in [5.74, 6) is -0.391. The monoisotopic (exact) mass is 347 g/mol. The van der Waals surface area contributed by atoms with Gasteiger partial charge in [0.1, 0.15) is 11.8 Å². The summed E-state index contributed by atoms with van der Waals surface area (Å²) >= 11 is 0. The summed E-state index contributed by atoms with van der Waals surface area (Å²) < 4.78 is 12.1. The van der Waals surface area contributed by atoms with E-state index < -0.39 is 17.9 Å². The fourth-order valence-electron chi connectivity index (χ4n) is 3.84. The van der Waals surface area contributed by atoms with Gasteiger partial charge in [0.15, 0.2) is 0 Å². The quantitative estimate of drug-likeness (QED) is 0.514. The van der Waals surface area contributed by atoms with Crippen molar-refractivity contribution >= 4 is 16.9 Å². The highest BCUT2D eigenvalue weighted by atomic mass is 16.6. The zero-order valence-corrected chi connectivity index (χ0v) is 14.6. The fourth-order valence-corrected chi connectivity index (χ4v) is 3.84. The summed E-state index contributed by atoms with van der Waals surface area (Å²) in [5, 5.41) is 15.4. The maximum absolute atomic E-state index is 12.2. The van der Waals surface area contributed by atoms with Gasteiger partial charge in [0.05, 0.1) is 20.1 Å². The Labute approximate surface area is 144 Å². The van der Waals surface area contributed by atoms with Crippen LogP contribution in [0.1, 0.15) is 30.1 Å². The number of rotatable bonds is 4. The van der Waals surface area contributed by atoms with E-state index in [-0.39, 0.29) is 17.5 Å². The molecule has 1 aliphatic rings. The lowest BCUT2D eigenvalue weighted by atomic mass is 9.85. The number of nitro groups is 1. The first kappa shape index (κ1) is 17.2. The Morgan fingerprint density at radius 3 is 2.72 bits per heavy atom. The van der Waals surface area contributed by atoms with Gasteiger partial charge in [0.25, 0.3) is 0 Å². The van der Waals surface area contributed by atoms with Crippen LogP contribution in [0.5, 0.6) is 5.75 Å². The molecule has 134 valence electrons. The third-order valence-corrected chi connectivity index (χ3v) is 4.91. The first-order valence-electron chi connectivity index (χ1n) is 8.01. The van der Waals surface area contributed by atoms with Gasteiger partial charge in [-0.1, -0.05) is 0 Å². The van der Waals surface area contributed by atoms with Crippen LogP contribution in [0, 0.1) is 10.1 Å². The van der Waals surface area contributed by atoms with E-state index in [1.807, 2.05) is 36.7 Å². The number of ether oxygens (including phenoxy) is 2. The summed E-state index contributed by atoms with van der Waals surface area (Å²) in [6.07, 6.45) is 0. The van der Waals surface area contributed by atoms with Crippen LogP contribution in [0.2, 0.25) is 0 Å². The minimum Gasteiger partial charge on any atom is -0.497 e. The summed E-state index contributed by atoms with van der Waals surface area (Å²) in [4.78, 5) is 23.1. The molecule has 0 amide bonds. The van der Waals surface area contributed by atoms with E-state index in [1.54, 1.807) is 7.11 Å². The van der Waals surface area contributed by atoms with Crippen molar-refractivity contribution < 1.29 is 19.2 Å². The molecule has 0 bridgehead atoms. The van der Waals surface area contributed by atoms with Crippen molar-refractivity contribution in [2.75, 3.05) is 20.8 Å². The van der Waals surface area contributed by atoms with Gasteiger partial charge in [-0.3, -0.25) is 20.2 Å². The smallest absolute Gasteiger partial charge is 0.323 e. The highest BCUT2D eigenvalue weighted by Gasteiger charge is 2.43. The molecule has 0 unspecified atom stereocenters. The van der Waals surface area contributed by atoms with Crippen LogP contribution in [0.3, 0.4) is 0 Å². The number of hydrogen-bond acceptors (Lipinski definition) is 6. The number of esters is 1. The average molecular weight is 347 g/mol. The van der Waals surface area contributed by atoms with E-state index in [2.05, 4.69) is 5.32 Å². The van der Waals surface area contributed by atoms with Gasteiger partial charge < -0.3 is 14.0 Å². The van der Waals surface area contributed by atoms with E-state index in [4.69, 9.17) is 9.47 Å². The van der Waals surface area contributed by atoms with Gasteiger partial charge in [-0.25, -0.2) is 0 Å². The molecular formula is C17H21N3O5. The first-order valence-corrected chi connectivity index (χ1v) is 8.01. The number of nitrogens with one attached hydrogen (secondary N) is 1. The molecule has 0 saturated carbocycles. The van der Waals surface area contributed by atoms with Crippen molar-refractivity contribution in [1.82, 2.24) is 9.88 Å². The minimum atomic E-state index is -0.761. The maximum Gasteiger partial charge on any atom is 0.323 e. The van der Waals surface area contributed by atoms with Crippen molar-refractivity contribution in [2.24, 2.45) is 7.05 Å². The van der Waals surface area contributed by atoms with Crippen LogP contribution in [0.25, 0.3) is 10.9 Å². The van der Waals surface area contributed by atoms with Gasteiger partial charge in [0.2, 0.25) is 6.54 Å². The first-order chi connectivity index (χ1) is 11.9. The second-order valence-electron chi connectivity index (χ2n) is 6.25. The summed E-state index contributed by atoms with van der Waals surface area (Å²) in [6.45, 7) is 1.59. The van der Waals surface area contributed by atoms with Crippen molar-refractivity contribution in [3.8, 4) is 5.75 Å². The highest BCUT2D eigenvalue weighted by Crippen LogP contribution is 2.41. The maximum atomic E-state index is 12.2. The number of benzene rings is 1. The highest BCUT2D eigenvalue weighted by molar-refractivity contribution is 5.89. The number of methoxy groups -OCH3 is 2. The van der Waals surface area contributed by atoms with Crippen LogP contribution in [0.4, 0.5) is 0 Å². The topological polar surface area (TPSA) is 95.6 Å². The molecule has 1 aromatic carbocycles. The Hall–Kier alpha value is -2.61. The number of carbonyl (C=O) groups excluding carboxylic acids is 1. The number of nitrogens with zero attached hydrogens (tertiary/aromatic N) is 2. The minimum absolute atomic E-state index is 0.155.